The number of aromatic nitrogens is 2. The molecule has 22 heavy (non-hydrogen) atoms. The summed E-state index contributed by atoms with van der Waals surface area (Å²) in [6.07, 6.45) is 2.94. The quantitative estimate of drug-likeness (QED) is 0.850. The summed E-state index contributed by atoms with van der Waals surface area (Å²) in [5.74, 6) is -0.463. The van der Waals surface area contributed by atoms with Crippen LogP contribution < -0.4 is 10.2 Å². The number of hydrogen-bond donors (Lipinski definition) is 1. The standard InChI is InChI=1S/C15H15BrN4O2/c1-4-13(21)20(3)11-7-5-10(6-8-11)15(22)17-12-9-19(2)18-14(12)16/h4-9H,1H2,2-3H3,(H,17,22). The van der Waals surface area contributed by atoms with Crippen LogP contribution in [0.5, 0.6) is 0 Å². The highest BCUT2D eigenvalue weighted by Gasteiger charge is 2.12. The lowest BCUT2D eigenvalue weighted by Gasteiger charge is -2.15. The maximum absolute atomic E-state index is 12.2. The van der Waals surface area contributed by atoms with E-state index in [4.69, 9.17) is 0 Å². The molecule has 7 heteroatoms. The van der Waals surface area contributed by atoms with Gasteiger partial charge in [0.15, 0.2) is 4.60 Å². The van der Waals surface area contributed by atoms with Gasteiger partial charge >= 0.3 is 0 Å². The number of hydrogen-bond acceptors (Lipinski definition) is 3. The van der Waals surface area contributed by atoms with Gasteiger partial charge in [-0.15, -0.1) is 0 Å². The molecular formula is C15H15BrN4O2. The molecule has 0 aliphatic carbocycles. The molecule has 0 atom stereocenters. The van der Waals surface area contributed by atoms with Crippen LogP contribution in [-0.4, -0.2) is 28.6 Å². The third-order valence-corrected chi connectivity index (χ3v) is 3.64. The van der Waals surface area contributed by atoms with Gasteiger partial charge in [-0.3, -0.25) is 14.3 Å². The normalized spacial score (nSPS) is 10.1. The minimum absolute atomic E-state index is 0.212. The number of aryl methyl sites for hydroxylation is 1. The van der Waals surface area contributed by atoms with Gasteiger partial charge in [0.05, 0.1) is 5.69 Å². The van der Waals surface area contributed by atoms with Crippen molar-refractivity contribution in [3.05, 3.63) is 53.3 Å². The Morgan fingerprint density at radius 1 is 1.36 bits per heavy atom. The molecule has 0 aliphatic rings. The predicted molar refractivity (Wildman–Crippen MR) is 88.9 cm³/mol. The molecule has 0 aliphatic heterocycles. The number of anilines is 2. The second-order valence-electron chi connectivity index (χ2n) is 4.61. The molecule has 0 bridgehead atoms. The fraction of sp³-hybridized carbons (Fsp3) is 0.133. The van der Waals surface area contributed by atoms with Gasteiger partial charge in [0.25, 0.3) is 5.91 Å². The molecule has 1 aromatic heterocycles. The van der Waals surface area contributed by atoms with Gasteiger partial charge in [0.1, 0.15) is 0 Å². The molecule has 0 radical (unpaired) electrons. The highest BCUT2D eigenvalue weighted by Crippen LogP contribution is 2.21. The largest absolute Gasteiger partial charge is 0.318 e. The van der Waals surface area contributed by atoms with E-state index in [0.717, 1.165) is 0 Å². The van der Waals surface area contributed by atoms with Crippen LogP contribution in [0.25, 0.3) is 0 Å². The first kappa shape index (κ1) is 16.0. The van der Waals surface area contributed by atoms with E-state index in [1.54, 1.807) is 49.2 Å². The number of benzene rings is 1. The fourth-order valence-corrected chi connectivity index (χ4v) is 2.29. The Labute approximate surface area is 136 Å². The summed E-state index contributed by atoms with van der Waals surface area (Å²) < 4.78 is 2.16. The summed E-state index contributed by atoms with van der Waals surface area (Å²) in [6, 6.07) is 6.72. The second-order valence-corrected chi connectivity index (χ2v) is 5.36. The molecule has 0 saturated heterocycles. The first-order valence-corrected chi connectivity index (χ1v) is 7.22. The van der Waals surface area contributed by atoms with Crippen LogP contribution in [0.2, 0.25) is 0 Å². The molecule has 2 aromatic rings. The number of nitrogens with one attached hydrogen (secondary N) is 1. The van der Waals surface area contributed by atoms with Crippen LogP contribution in [0.15, 0.2) is 47.7 Å². The Kier molecular flexibility index (Phi) is 4.77. The Balaban J connectivity index is 2.13. The summed E-state index contributed by atoms with van der Waals surface area (Å²) in [6.45, 7) is 3.44. The highest BCUT2D eigenvalue weighted by atomic mass is 79.9. The van der Waals surface area contributed by atoms with Crippen molar-refractivity contribution in [3.8, 4) is 0 Å². The van der Waals surface area contributed by atoms with Crippen molar-refractivity contribution in [2.45, 2.75) is 0 Å². The number of amides is 2. The maximum Gasteiger partial charge on any atom is 0.255 e. The zero-order chi connectivity index (χ0) is 16.3. The van der Waals surface area contributed by atoms with Crippen LogP contribution in [0, 0.1) is 0 Å². The molecule has 1 N–H and O–H groups in total. The molecule has 0 fully saturated rings. The zero-order valence-electron chi connectivity index (χ0n) is 12.2. The zero-order valence-corrected chi connectivity index (χ0v) is 13.8. The van der Waals surface area contributed by atoms with Gasteiger partial charge in [0, 0.05) is 31.5 Å². The number of halogens is 1. The number of carbonyl (C=O) groups is 2. The topological polar surface area (TPSA) is 67.2 Å². The number of nitrogens with zero attached hydrogens (tertiary/aromatic N) is 3. The Morgan fingerprint density at radius 3 is 2.50 bits per heavy atom. The minimum atomic E-state index is -0.252. The summed E-state index contributed by atoms with van der Waals surface area (Å²) in [7, 11) is 3.41. The Morgan fingerprint density at radius 2 is 2.00 bits per heavy atom. The van der Waals surface area contributed by atoms with Crippen LogP contribution in [0.4, 0.5) is 11.4 Å². The van der Waals surface area contributed by atoms with E-state index in [0.29, 0.717) is 21.5 Å². The van der Waals surface area contributed by atoms with Gasteiger partial charge in [-0.2, -0.15) is 5.10 Å². The van der Waals surface area contributed by atoms with E-state index in [1.165, 1.54) is 11.0 Å². The molecule has 6 nitrogen and oxygen atoms in total. The third-order valence-electron chi connectivity index (χ3n) is 3.05. The smallest absolute Gasteiger partial charge is 0.255 e. The van der Waals surface area contributed by atoms with E-state index >= 15 is 0 Å². The average molecular weight is 363 g/mol. The van der Waals surface area contributed by atoms with Crippen molar-refractivity contribution in [2.75, 3.05) is 17.3 Å². The van der Waals surface area contributed by atoms with Gasteiger partial charge in [0.2, 0.25) is 5.91 Å². The lowest BCUT2D eigenvalue weighted by atomic mass is 10.2. The van der Waals surface area contributed by atoms with Gasteiger partial charge < -0.3 is 10.2 Å². The van der Waals surface area contributed by atoms with E-state index in [2.05, 4.69) is 32.9 Å². The second kappa shape index (κ2) is 6.57. The Bertz CT molecular complexity index is 722. The molecular weight excluding hydrogens is 348 g/mol. The van der Waals surface area contributed by atoms with Crippen LogP contribution in [-0.2, 0) is 11.8 Å². The van der Waals surface area contributed by atoms with Gasteiger partial charge in [-0.05, 0) is 46.3 Å². The number of rotatable bonds is 4. The van der Waals surface area contributed by atoms with Crippen molar-refractivity contribution in [1.29, 1.82) is 0 Å². The molecule has 0 unspecified atom stereocenters. The molecule has 2 amide bonds. The van der Waals surface area contributed by atoms with Crippen LogP contribution in [0.3, 0.4) is 0 Å². The molecule has 1 aromatic carbocycles. The number of likely N-dealkylation sites (N-methyl/N-ethyl adjacent to an activating group) is 1. The summed E-state index contributed by atoms with van der Waals surface area (Å²) in [5, 5.41) is 6.85. The molecule has 0 saturated carbocycles. The van der Waals surface area contributed by atoms with Crippen molar-refractivity contribution in [2.24, 2.45) is 7.05 Å². The lowest BCUT2D eigenvalue weighted by Crippen LogP contribution is -2.23. The highest BCUT2D eigenvalue weighted by molar-refractivity contribution is 9.10. The van der Waals surface area contributed by atoms with E-state index in [-0.39, 0.29) is 11.8 Å². The van der Waals surface area contributed by atoms with E-state index < -0.39 is 0 Å². The lowest BCUT2D eigenvalue weighted by molar-refractivity contribution is -0.113. The van der Waals surface area contributed by atoms with Crippen molar-refractivity contribution >= 4 is 39.1 Å². The summed E-state index contributed by atoms with van der Waals surface area (Å²) in [5.41, 5.74) is 1.76. The number of carbonyl (C=O) groups excluding carboxylic acids is 2. The summed E-state index contributed by atoms with van der Waals surface area (Å²) in [4.78, 5) is 25.2. The fourth-order valence-electron chi connectivity index (χ4n) is 1.84. The third kappa shape index (κ3) is 3.43. The molecule has 1 heterocycles. The van der Waals surface area contributed by atoms with Crippen LogP contribution in [0.1, 0.15) is 10.4 Å². The Hall–Kier alpha value is -2.41. The van der Waals surface area contributed by atoms with E-state index in [9.17, 15) is 9.59 Å². The molecule has 0 spiro atoms. The van der Waals surface area contributed by atoms with Gasteiger partial charge in [-0.25, -0.2) is 0 Å². The molecule has 2 rings (SSSR count). The first-order valence-electron chi connectivity index (χ1n) is 6.43. The van der Waals surface area contributed by atoms with Crippen LogP contribution >= 0.6 is 15.9 Å². The SMILES string of the molecule is C=CC(=O)N(C)c1ccc(C(=O)Nc2cn(C)nc2Br)cc1. The van der Waals surface area contributed by atoms with Crippen molar-refractivity contribution < 1.29 is 9.59 Å². The minimum Gasteiger partial charge on any atom is -0.318 e. The van der Waals surface area contributed by atoms with Crippen molar-refractivity contribution in [1.82, 2.24) is 9.78 Å². The monoisotopic (exact) mass is 362 g/mol. The van der Waals surface area contributed by atoms with E-state index in [1.807, 2.05) is 0 Å². The van der Waals surface area contributed by atoms with Gasteiger partial charge in [-0.1, -0.05) is 6.58 Å². The predicted octanol–water partition coefficient (Wildman–Crippen LogP) is 2.58. The average Bonchev–Trinajstić information content (AvgIpc) is 2.83. The molecule has 114 valence electrons. The maximum atomic E-state index is 12.2. The summed E-state index contributed by atoms with van der Waals surface area (Å²) >= 11 is 3.27. The first-order chi connectivity index (χ1) is 10.4. The van der Waals surface area contributed by atoms with Crippen molar-refractivity contribution in [3.63, 3.8) is 0 Å².